The first-order valence-corrected chi connectivity index (χ1v) is 11.3. The molecule has 32 heavy (non-hydrogen) atoms. The molecule has 3 aromatic heterocycles. The van der Waals surface area contributed by atoms with Gasteiger partial charge in [-0.15, -0.1) is 11.3 Å². The molecule has 0 N–H and O–H groups in total. The molecule has 164 valence electrons. The van der Waals surface area contributed by atoms with E-state index in [4.69, 9.17) is 4.74 Å². The van der Waals surface area contributed by atoms with Crippen LogP contribution in [-0.4, -0.2) is 65.0 Å². The van der Waals surface area contributed by atoms with E-state index in [1.165, 1.54) is 11.3 Å². The van der Waals surface area contributed by atoms with Gasteiger partial charge in [0.25, 0.3) is 11.8 Å². The SMILES string of the molecule is CN(C)C(=O)c1sc2ncccc2c1[C@H]1CN(C(=O)c2cn(C)c3ccccc23)CCO1. The quantitative estimate of drug-likeness (QED) is 0.479. The highest BCUT2D eigenvalue weighted by Gasteiger charge is 2.33. The van der Waals surface area contributed by atoms with Crippen LogP contribution in [0.1, 0.15) is 31.7 Å². The normalized spacial score (nSPS) is 16.6. The Morgan fingerprint density at radius 2 is 1.94 bits per heavy atom. The van der Waals surface area contributed by atoms with E-state index in [0.717, 1.165) is 26.7 Å². The highest BCUT2D eigenvalue weighted by molar-refractivity contribution is 7.20. The van der Waals surface area contributed by atoms with Gasteiger partial charge in [-0.25, -0.2) is 4.98 Å². The highest BCUT2D eigenvalue weighted by atomic mass is 32.1. The second kappa shape index (κ2) is 8.03. The van der Waals surface area contributed by atoms with Crippen molar-refractivity contribution in [3.05, 3.63) is 64.8 Å². The minimum atomic E-state index is -0.389. The van der Waals surface area contributed by atoms with Crippen molar-refractivity contribution in [3.63, 3.8) is 0 Å². The Morgan fingerprint density at radius 1 is 1.16 bits per heavy atom. The lowest BCUT2D eigenvalue weighted by atomic mass is 10.0. The predicted octanol–water partition coefficient (Wildman–Crippen LogP) is 3.70. The maximum absolute atomic E-state index is 13.5. The van der Waals surface area contributed by atoms with Crippen LogP contribution in [0.5, 0.6) is 0 Å². The molecule has 1 aliphatic heterocycles. The first-order valence-electron chi connectivity index (χ1n) is 10.5. The van der Waals surface area contributed by atoms with Crippen molar-refractivity contribution < 1.29 is 14.3 Å². The lowest BCUT2D eigenvalue weighted by Gasteiger charge is -2.33. The average Bonchev–Trinajstić information content (AvgIpc) is 3.36. The molecular weight excluding hydrogens is 424 g/mol. The van der Waals surface area contributed by atoms with E-state index >= 15 is 0 Å². The summed E-state index contributed by atoms with van der Waals surface area (Å²) in [5, 5.41) is 1.85. The fraction of sp³-hybridized carbons (Fsp3) is 0.292. The standard InChI is InChI=1S/C24H24N4O3S/c1-26(2)24(30)21-20(16-8-6-10-25-22(16)32-21)19-14-28(11-12-31-19)23(29)17-13-27(3)18-9-5-4-7-15(17)18/h4-10,13,19H,11-12,14H2,1-3H3/t19-/m1/s1. The third kappa shape index (κ3) is 3.36. The number of amides is 2. The predicted molar refractivity (Wildman–Crippen MR) is 125 cm³/mol. The maximum Gasteiger partial charge on any atom is 0.263 e. The van der Waals surface area contributed by atoms with Crippen LogP contribution in [0, 0.1) is 0 Å². The molecule has 1 saturated heterocycles. The van der Waals surface area contributed by atoms with Gasteiger partial charge in [-0.3, -0.25) is 9.59 Å². The summed E-state index contributed by atoms with van der Waals surface area (Å²) in [4.78, 5) is 35.7. The van der Waals surface area contributed by atoms with E-state index in [1.54, 1.807) is 25.2 Å². The zero-order valence-corrected chi connectivity index (χ0v) is 19.1. The third-order valence-corrected chi connectivity index (χ3v) is 7.03. The molecule has 8 heteroatoms. The van der Waals surface area contributed by atoms with Crippen molar-refractivity contribution in [3.8, 4) is 0 Å². The number of carbonyl (C=O) groups is 2. The zero-order chi connectivity index (χ0) is 22.4. The number of carbonyl (C=O) groups excluding carboxylic acids is 2. The fourth-order valence-electron chi connectivity index (χ4n) is 4.32. The fourth-order valence-corrected chi connectivity index (χ4v) is 5.54. The Morgan fingerprint density at radius 3 is 2.75 bits per heavy atom. The number of pyridine rings is 1. The summed E-state index contributed by atoms with van der Waals surface area (Å²) in [6, 6.07) is 11.7. The van der Waals surface area contributed by atoms with E-state index in [-0.39, 0.29) is 17.9 Å². The number of hydrogen-bond donors (Lipinski definition) is 0. The van der Waals surface area contributed by atoms with Gasteiger partial charge in [0.05, 0.1) is 18.7 Å². The van der Waals surface area contributed by atoms with Gasteiger partial charge in [0.2, 0.25) is 0 Å². The molecule has 0 radical (unpaired) electrons. The largest absolute Gasteiger partial charge is 0.370 e. The molecule has 4 aromatic rings. The van der Waals surface area contributed by atoms with Gasteiger partial charge in [0.1, 0.15) is 15.8 Å². The summed E-state index contributed by atoms with van der Waals surface area (Å²) in [5.41, 5.74) is 2.53. The van der Waals surface area contributed by atoms with Crippen molar-refractivity contribution in [1.29, 1.82) is 0 Å². The molecule has 5 rings (SSSR count). The molecule has 2 amide bonds. The average molecular weight is 449 g/mol. The van der Waals surface area contributed by atoms with E-state index in [0.29, 0.717) is 30.1 Å². The molecule has 0 saturated carbocycles. The minimum absolute atomic E-state index is 0.0201. The van der Waals surface area contributed by atoms with Crippen LogP contribution in [0.2, 0.25) is 0 Å². The molecule has 0 unspecified atom stereocenters. The van der Waals surface area contributed by atoms with Gasteiger partial charge in [0, 0.05) is 61.9 Å². The van der Waals surface area contributed by atoms with Crippen LogP contribution in [-0.2, 0) is 11.8 Å². The molecule has 4 heterocycles. The van der Waals surface area contributed by atoms with Crippen LogP contribution in [0.3, 0.4) is 0 Å². The number of para-hydroxylation sites is 1. The second-order valence-electron chi connectivity index (χ2n) is 8.18. The Labute approximate surface area is 189 Å². The summed E-state index contributed by atoms with van der Waals surface area (Å²) in [6.07, 6.45) is 3.23. The first-order chi connectivity index (χ1) is 15.5. The summed E-state index contributed by atoms with van der Waals surface area (Å²) in [7, 11) is 5.43. The van der Waals surface area contributed by atoms with Crippen molar-refractivity contribution in [2.75, 3.05) is 33.8 Å². The number of ether oxygens (including phenoxy) is 1. The molecule has 1 aromatic carbocycles. The van der Waals surface area contributed by atoms with E-state index in [2.05, 4.69) is 4.98 Å². The topological polar surface area (TPSA) is 67.7 Å². The lowest BCUT2D eigenvalue weighted by Crippen LogP contribution is -2.42. The van der Waals surface area contributed by atoms with Crippen molar-refractivity contribution >= 4 is 44.3 Å². The van der Waals surface area contributed by atoms with Gasteiger partial charge < -0.3 is 19.1 Å². The third-order valence-electron chi connectivity index (χ3n) is 5.91. The van der Waals surface area contributed by atoms with Gasteiger partial charge in [-0.05, 0) is 12.1 Å². The lowest BCUT2D eigenvalue weighted by molar-refractivity contribution is -0.0222. The number of morpholine rings is 1. The van der Waals surface area contributed by atoms with Crippen molar-refractivity contribution in [2.45, 2.75) is 6.10 Å². The van der Waals surface area contributed by atoms with Crippen molar-refractivity contribution in [1.82, 2.24) is 19.4 Å². The summed E-state index contributed by atoms with van der Waals surface area (Å²) < 4.78 is 8.10. The second-order valence-corrected chi connectivity index (χ2v) is 9.18. The molecule has 1 atom stereocenters. The zero-order valence-electron chi connectivity index (χ0n) is 18.2. The van der Waals surface area contributed by atoms with Gasteiger partial charge in [-0.2, -0.15) is 0 Å². The van der Waals surface area contributed by atoms with Gasteiger partial charge in [-0.1, -0.05) is 24.3 Å². The minimum Gasteiger partial charge on any atom is -0.370 e. The van der Waals surface area contributed by atoms with E-state index in [9.17, 15) is 9.59 Å². The van der Waals surface area contributed by atoms with E-state index in [1.807, 2.05) is 59.1 Å². The number of hydrogen-bond acceptors (Lipinski definition) is 5. The molecule has 0 aliphatic carbocycles. The molecule has 1 fully saturated rings. The molecule has 7 nitrogen and oxygen atoms in total. The number of nitrogens with zero attached hydrogens (tertiary/aromatic N) is 4. The number of thiophene rings is 1. The number of aryl methyl sites for hydroxylation is 1. The first kappa shape index (κ1) is 20.7. The number of benzene rings is 1. The monoisotopic (exact) mass is 448 g/mol. The molecular formula is C24H24N4O3S. The van der Waals surface area contributed by atoms with Crippen LogP contribution in [0.15, 0.2) is 48.8 Å². The summed E-state index contributed by atoms with van der Waals surface area (Å²) >= 11 is 1.38. The number of aromatic nitrogens is 2. The molecule has 0 spiro atoms. The Hall–Kier alpha value is -3.23. The Balaban J connectivity index is 1.52. The summed E-state index contributed by atoms with van der Waals surface area (Å²) in [6.45, 7) is 1.31. The van der Waals surface area contributed by atoms with Crippen LogP contribution < -0.4 is 0 Å². The number of fused-ring (bicyclic) bond motifs is 2. The van der Waals surface area contributed by atoms with Gasteiger partial charge >= 0.3 is 0 Å². The molecule has 1 aliphatic rings. The van der Waals surface area contributed by atoms with E-state index < -0.39 is 0 Å². The molecule has 0 bridgehead atoms. The van der Waals surface area contributed by atoms with Crippen LogP contribution >= 0.6 is 11.3 Å². The smallest absolute Gasteiger partial charge is 0.263 e. The van der Waals surface area contributed by atoms with Crippen LogP contribution in [0.25, 0.3) is 21.1 Å². The number of rotatable bonds is 3. The Bertz CT molecular complexity index is 1340. The van der Waals surface area contributed by atoms with Crippen molar-refractivity contribution in [2.24, 2.45) is 7.05 Å². The van der Waals surface area contributed by atoms with Gasteiger partial charge in [0.15, 0.2) is 0 Å². The summed E-state index contributed by atoms with van der Waals surface area (Å²) in [5.74, 6) is -0.0997. The maximum atomic E-state index is 13.5. The Kier molecular flexibility index (Phi) is 5.19. The highest BCUT2D eigenvalue weighted by Crippen LogP contribution is 2.38. The van der Waals surface area contributed by atoms with Crippen LogP contribution in [0.4, 0.5) is 0 Å².